The summed E-state index contributed by atoms with van der Waals surface area (Å²) in [6.07, 6.45) is 9.10. The summed E-state index contributed by atoms with van der Waals surface area (Å²) in [5.74, 6) is -0.0289. The Morgan fingerprint density at radius 2 is 1.50 bits per heavy atom. The van der Waals surface area contributed by atoms with Crippen molar-refractivity contribution in [2.75, 3.05) is 4.90 Å². The molecule has 28 heavy (non-hydrogen) atoms. The molecule has 1 atom stereocenters. The van der Waals surface area contributed by atoms with Crippen LogP contribution < -0.4 is 4.90 Å². The van der Waals surface area contributed by atoms with Crippen LogP contribution in [0.1, 0.15) is 43.7 Å². The first-order valence-electron chi connectivity index (χ1n) is 9.74. The van der Waals surface area contributed by atoms with Gasteiger partial charge in [-0.25, -0.2) is 0 Å². The molecular formula is C22H23N3O3. The van der Waals surface area contributed by atoms with Crippen LogP contribution in [0.25, 0.3) is 0 Å². The number of para-hydroxylation sites is 2. The van der Waals surface area contributed by atoms with Crippen molar-refractivity contribution in [3.8, 4) is 0 Å². The Kier molecular flexibility index (Phi) is 5.10. The topological polar surface area (TPSA) is 66.7 Å². The van der Waals surface area contributed by atoms with Crippen molar-refractivity contribution in [3.05, 3.63) is 82.7 Å². The van der Waals surface area contributed by atoms with Crippen LogP contribution in [0.4, 0.5) is 11.4 Å². The number of hydrogen-bond donors (Lipinski definition) is 0. The number of amides is 1. The molecule has 0 aromatic heterocycles. The predicted molar refractivity (Wildman–Crippen MR) is 108 cm³/mol. The van der Waals surface area contributed by atoms with Gasteiger partial charge in [-0.3, -0.25) is 14.9 Å². The first kappa shape index (κ1) is 18.2. The van der Waals surface area contributed by atoms with Gasteiger partial charge in [0.25, 0.3) is 11.6 Å². The van der Waals surface area contributed by atoms with Crippen LogP contribution in [0, 0.1) is 10.1 Å². The summed E-state index contributed by atoms with van der Waals surface area (Å²) in [6, 6.07) is 15.7. The van der Waals surface area contributed by atoms with E-state index in [2.05, 4.69) is 0 Å². The summed E-state index contributed by atoms with van der Waals surface area (Å²) in [4.78, 5) is 28.3. The van der Waals surface area contributed by atoms with E-state index in [1.165, 1.54) is 12.5 Å². The van der Waals surface area contributed by atoms with E-state index in [1.807, 2.05) is 41.4 Å². The van der Waals surface area contributed by atoms with Gasteiger partial charge < -0.3 is 9.80 Å². The molecular weight excluding hydrogens is 354 g/mol. The maximum absolute atomic E-state index is 13.6. The Labute approximate surface area is 164 Å². The van der Waals surface area contributed by atoms with Crippen LogP contribution in [0.5, 0.6) is 0 Å². The Bertz CT molecular complexity index is 891. The molecule has 6 heteroatoms. The minimum absolute atomic E-state index is 0.00741. The van der Waals surface area contributed by atoms with E-state index in [0.29, 0.717) is 5.69 Å². The lowest BCUT2D eigenvalue weighted by molar-refractivity contribution is -0.384. The minimum Gasteiger partial charge on any atom is -0.324 e. The summed E-state index contributed by atoms with van der Waals surface area (Å²) in [7, 11) is 0. The average Bonchev–Trinajstić information content (AvgIpc) is 2.74. The number of nitrogens with zero attached hydrogens (tertiary/aromatic N) is 3. The molecule has 0 saturated heterocycles. The number of nitro groups is 1. The number of nitro benzene ring substituents is 1. The van der Waals surface area contributed by atoms with Gasteiger partial charge in [0, 0.05) is 24.5 Å². The molecule has 2 aliphatic rings. The highest BCUT2D eigenvalue weighted by Gasteiger charge is 2.38. The van der Waals surface area contributed by atoms with Gasteiger partial charge in [0.2, 0.25) is 0 Å². The van der Waals surface area contributed by atoms with Crippen LogP contribution in [0.15, 0.2) is 67.0 Å². The Morgan fingerprint density at radius 1 is 0.857 bits per heavy atom. The zero-order valence-electron chi connectivity index (χ0n) is 15.6. The van der Waals surface area contributed by atoms with Crippen molar-refractivity contribution in [1.29, 1.82) is 0 Å². The largest absolute Gasteiger partial charge is 0.324 e. The highest BCUT2D eigenvalue weighted by atomic mass is 16.6. The molecule has 4 rings (SSSR count). The van der Waals surface area contributed by atoms with E-state index in [-0.39, 0.29) is 17.6 Å². The number of carbonyl (C=O) groups excluding carboxylic acids is 1. The first-order chi connectivity index (χ1) is 13.7. The van der Waals surface area contributed by atoms with Crippen molar-refractivity contribution in [3.63, 3.8) is 0 Å². The standard InChI is InChI=1S/C22H23N3O3/c26-22-21(17-9-3-1-4-10-17)24(19-13-7-8-14-20(19)25(27)28)16-15-23(22)18-11-5-2-6-12-18/h1,3-4,7-10,13-16,18,21H,2,5-6,11-12H2. The van der Waals surface area contributed by atoms with Gasteiger partial charge in [-0.1, -0.05) is 61.7 Å². The van der Waals surface area contributed by atoms with E-state index < -0.39 is 11.0 Å². The van der Waals surface area contributed by atoms with E-state index in [0.717, 1.165) is 31.2 Å². The monoisotopic (exact) mass is 377 g/mol. The number of anilines is 1. The molecule has 0 bridgehead atoms. The fourth-order valence-electron chi connectivity index (χ4n) is 4.22. The van der Waals surface area contributed by atoms with Crippen LogP contribution >= 0.6 is 0 Å². The molecule has 6 nitrogen and oxygen atoms in total. The number of carbonyl (C=O) groups is 1. The third kappa shape index (κ3) is 3.38. The number of benzene rings is 2. The van der Waals surface area contributed by atoms with Crippen LogP contribution in [0.3, 0.4) is 0 Å². The maximum atomic E-state index is 13.6. The highest BCUT2D eigenvalue weighted by Crippen LogP contribution is 2.39. The maximum Gasteiger partial charge on any atom is 0.292 e. The highest BCUT2D eigenvalue weighted by molar-refractivity contribution is 5.90. The number of rotatable bonds is 4. The lowest BCUT2D eigenvalue weighted by atomic mass is 9.92. The van der Waals surface area contributed by atoms with E-state index in [4.69, 9.17) is 0 Å². The predicted octanol–water partition coefficient (Wildman–Crippen LogP) is 4.79. The molecule has 0 radical (unpaired) electrons. The molecule has 0 N–H and O–H groups in total. The molecule has 2 aromatic carbocycles. The van der Waals surface area contributed by atoms with Crippen LogP contribution in [0.2, 0.25) is 0 Å². The summed E-state index contributed by atoms with van der Waals surface area (Å²) in [6.45, 7) is 0. The Hall–Kier alpha value is -3.15. The van der Waals surface area contributed by atoms with Gasteiger partial charge >= 0.3 is 0 Å². The van der Waals surface area contributed by atoms with Crippen molar-refractivity contribution < 1.29 is 9.72 Å². The van der Waals surface area contributed by atoms with E-state index >= 15 is 0 Å². The van der Waals surface area contributed by atoms with Crippen LogP contribution in [-0.4, -0.2) is 21.8 Å². The lowest BCUT2D eigenvalue weighted by Gasteiger charge is -2.41. The van der Waals surface area contributed by atoms with Crippen LogP contribution in [-0.2, 0) is 4.79 Å². The van der Waals surface area contributed by atoms with Crippen molar-refractivity contribution in [1.82, 2.24) is 4.90 Å². The van der Waals surface area contributed by atoms with Gasteiger partial charge in [-0.2, -0.15) is 0 Å². The molecule has 2 aromatic rings. The molecule has 144 valence electrons. The lowest BCUT2D eigenvalue weighted by Crippen LogP contribution is -2.47. The quantitative estimate of drug-likeness (QED) is 0.568. The molecule has 1 unspecified atom stereocenters. The molecule has 0 spiro atoms. The third-order valence-corrected chi connectivity index (χ3v) is 5.59. The normalized spacial score (nSPS) is 20.4. The Balaban J connectivity index is 1.78. The van der Waals surface area contributed by atoms with Crippen molar-refractivity contribution >= 4 is 17.3 Å². The SMILES string of the molecule is O=C1C(c2ccccc2)N(c2ccccc2[N+](=O)[O-])C=CN1C1CCCCC1. The Morgan fingerprint density at radius 3 is 2.21 bits per heavy atom. The van der Waals surface area contributed by atoms with E-state index in [9.17, 15) is 14.9 Å². The van der Waals surface area contributed by atoms with Crippen molar-refractivity contribution in [2.24, 2.45) is 0 Å². The molecule has 1 aliphatic heterocycles. The van der Waals surface area contributed by atoms with Gasteiger partial charge in [0.15, 0.2) is 0 Å². The zero-order valence-corrected chi connectivity index (χ0v) is 15.6. The first-order valence-corrected chi connectivity index (χ1v) is 9.74. The van der Waals surface area contributed by atoms with E-state index in [1.54, 1.807) is 29.3 Å². The zero-order chi connectivity index (χ0) is 19.5. The van der Waals surface area contributed by atoms with Gasteiger partial charge in [-0.05, 0) is 24.5 Å². The van der Waals surface area contributed by atoms with Gasteiger partial charge in [-0.15, -0.1) is 0 Å². The molecule has 1 aliphatic carbocycles. The summed E-state index contributed by atoms with van der Waals surface area (Å²) >= 11 is 0. The van der Waals surface area contributed by atoms with Crippen molar-refractivity contribution in [2.45, 2.75) is 44.2 Å². The van der Waals surface area contributed by atoms with Gasteiger partial charge in [0.05, 0.1) is 4.92 Å². The second-order valence-corrected chi connectivity index (χ2v) is 7.30. The molecule has 1 amide bonds. The summed E-state index contributed by atoms with van der Waals surface area (Å²) < 4.78 is 0. The fraction of sp³-hybridized carbons (Fsp3) is 0.318. The molecule has 1 saturated carbocycles. The average molecular weight is 377 g/mol. The smallest absolute Gasteiger partial charge is 0.292 e. The molecule has 1 fully saturated rings. The van der Waals surface area contributed by atoms with Gasteiger partial charge in [0.1, 0.15) is 11.7 Å². The second-order valence-electron chi connectivity index (χ2n) is 7.30. The number of hydrogen-bond acceptors (Lipinski definition) is 4. The summed E-state index contributed by atoms with van der Waals surface area (Å²) in [5, 5.41) is 11.6. The molecule has 1 heterocycles. The third-order valence-electron chi connectivity index (χ3n) is 5.59. The second kappa shape index (κ2) is 7.84. The minimum atomic E-state index is -0.616. The fourth-order valence-corrected chi connectivity index (χ4v) is 4.22. The summed E-state index contributed by atoms with van der Waals surface area (Å²) in [5.41, 5.74) is 1.25.